The van der Waals surface area contributed by atoms with Crippen LogP contribution in [0.4, 0.5) is 19.0 Å². The van der Waals surface area contributed by atoms with E-state index in [9.17, 15) is 13.9 Å². The molecular weight excluding hydrogens is 595 g/mol. The predicted molar refractivity (Wildman–Crippen MR) is 168 cm³/mol. The Morgan fingerprint density at radius 2 is 1.98 bits per heavy atom. The molecule has 4 aromatic rings. The van der Waals surface area contributed by atoms with Gasteiger partial charge >= 0.3 is 6.01 Å². The Labute approximate surface area is 264 Å². The summed E-state index contributed by atoms with van der Waals surface area (Å²) < 4.78 is 58.6. The maximum atomic E-state index is 17.1. The van der Waals surface area contributed by atoms with Gasteiger partial charge in [0.25, 0.3) is 0 Å². The van der Waals surface area contributed by atoms with Crippen LogP contribution in [0.2, 0.25) is 0 Å². The Hall–Kier alpha value is -4.14. The summed E-state index contributed by atoms with van der Waals surface area (Å²) in [4.78, 5) is 18.7. The highest BCUT2D eigenvalue weighted by Gasteiger charge is 2.49. The van der Waals surface area contributed by atoms with E-state index < -0.39 is 23.3 Å². The number of aryl methyl sites for hydroxylation is 1. The number of aromatic nitrogens is 3. The average Bonchev–Trinajstić information content (AvgIpc) is 3.46. The molecule has 8 rings (SSSR count). The van der Waals surface area contributed by atoms with Crippen LogP contribution in [-0.4, -0.2) is 82.2 Å². The number of alkyl halides is 1. The number of phenols is 1. The molecule has 0 amide bonds. The molecule has 0 aliphatic carbocycles. The van der Waals surface area contributed by atoms with Crippen LogP contribution in [0.1, 0.15) is 49.8 Å². The fourth-order valence-electron chi connectivity index (χ4n) is 8.14. The summed E-state index contributed by atoms with van der Waals surface area (Å²) in [6.45, 7) is 3.06. The summed E-state index contributed by atoms with van der Waals surface area (Å²) in [5, 5.41) is 11.9. The number of benzene rings is 2. The topological polar surface area (TPSA) is 83.8 Å². The Balaban J connectivity index is 1.34. The van der Waals surface area contributed by atoms with Gasteiger partial charge < -0.3 is 19.5 Å². The fourth-order valence-corrected chi connectivity index (χ4v) is 8.14. The lowest BCUT2D eigenvalue weighted by Crippen LogP contribution is -2.43. The van der Waals surface area contributed by atoms with Crippen molar-refractivity contribution in [3.63, 3.8) is 0 Å². The molecule has 1 N–H and O–H groups in total. The first kappa shape index (κ1) is 29.3. The molecule has 2 aromatic carbocycles. The van der Waals surface area contributed by atoms with Crippen LogP contribution in [0.5, 0.6) is 11.8 Å². The Morgan fingerprint density at radius 1 is 1.09 bits per heavy atom. The molecule has 3 fully saturated rings. The minimum absolute atomic E-state index is 0.00801. The van der Waals surface area contributed by atoms with Gasteiger partial charge in [0, 0.05) is 43.1 Å². The van der Waals surface area contributed by atoms with E-state index in [1.165, 1.54) is 24.3 Å². The molecule has 4 aliphatic rings. The van der Waals surface area contributed by atoms with Crippen molar-refractivity contribution in [2.45, 2.75) is 62.7 Å². The molecule has 3 atom stereocenters. The molecule has 0 unspecified atom stereocenters. The number of rotatable bonds is 4. The molecule has 238 valence electrons. The largest absolute Gasteiger partial charge is 0.508 e. The van der Waals surface area contributed by atoms with Gasteiger partial charge in [-0.15, -0.1) is 6.42 Å². The zero-order chi connectivity index (χ0) is 31.6. The highest BCUT2D eigenvalue weighted by atomic mass is 19.1. The van der Waals surface area contributed by atoms with E-state index in [-0.39, 0.29) is 52.1 Å². The fraction of sp³-hybridized carbons (Fsp3) is 0.457. The summed E-state index contributed by atoms with van der Waals surface area (Å²) in [5.74, 6) is 1.42. The SMILES string of the molecule is C#Cc1c(F)ccc2cc(O)cc(-c3nc4c5c(nc(OC[C@@]67CCCN6C[C@H](F)C7)nc5c3F)N3CCOCC[C@@H]3CCC4)c12. The highest BCUT2D eigenvalue weighted by Crippen LogP contribution is 2.43. The number of aromatic hydroxyl groups is 1. The van der Waals surface area contributed by atoms with E-state index >= 15 is 4.39 Å². The van der Waals surface area contributed by atoms with Crippen LogP contribution in [0.15, 0.2) is 24.3 Å². The van der Waals surface area contributed by atoms with Crippen molar-refractivity contribution in [1.82, 2.24) is 19.9 Å². The van der Waals surface area contributed by atoms with E-state index in [1.807, 2.05) is 0 Å². The number of phenolic OH excluding ortho intramolecular Hbond substituents is 1. The number of halogens is 3. The summed E-state index contributed by atoms with van der Waals surface area (Å²) in [6.07, 6.45) is 9.95. The summed E-state index contributed by atoms with van der Waals surface area (Å²) in [6, 6.07) is 5.69. The van der Waals surface area contributed by atoms with E-state index in [1.54, 1.807) is 0 Å². The minimum Gasteiger partial charge on any atom is -0.508 e. The van der Waals surface area contributed by atoms with Crippen molar-refractivity contribution in [2.75, 3.05) is 44.4 Å². The smallest absolute Gasteiger partial charge is 0.319 e. The van der Waals surface area contributed by atoms with Crippen LogP contribution >= 0.6 is 0 Å². The molecular formula is C35H34F3N5O3. The number of nitrogens with zero attached hydrogens (tertiary/aromatic N) is 5. The minimum atomic E-state index is -0.920. The number of terminal acetylenes is 1. The van der Waals surface area contributed by atoms with Crippen molar-refractivity contribution in [2.24, 2.45) is 0 Å². The lowest BCUT2D eigenvalue weighted by molar-refractivity contribution is 0.107. The van der Waals surface area contributed by atoms with Gasteiger partial charge in [-0.25, -0.2) is 18.2 Å². The van der Waals surface area contributed by atoms with Gasteiger partial charge in [-0.3, -0.25) is 4.90 Å². The van der Waals surface area contributed by atoms with Crippen molar-refractivity contribution in [3.8, 4) is 35.4 Å². The second-order valence-electron chi connectivity index (χ2n) is 12.9. The van der Waals surface area contributed by atoms with Crippen LogP contribution in [0, 0.1) is 24.0 Å². The third kappa shape index (κ3) is 4.73. The summed E-state index contributed by atoms with van der Waals surface area (Å²) in [5.41, 5.74) is 0.226. The summed E-state index contributed by atoms with van der Waals surface area (Å²) in [7, 11) is 0. The predicted octanol–water partition coefficient (Wildman–Crippen LogP) is 5.70. The maximum absolute atomic E-state index is 17.1. The second kappa shape index (κ2) is 11.3. The van der Waals surface area contributed by atoms with Crippen LogP contribution in [0.25, 0.3) is 32.9 Å². The lowest BCUT2D eigenvalue weighted by atomic mass is 9.94. The maximum Gasteiger partial charge on any atom is 0.319 e. The molecule has 8 nitrogen and oxygen atoms in total. The molecule has 0 spiro atoms. The number of ether oxygens (including phenoxy) is 2. The molecule has 46 heavy (non-hydrogen) atoms. The Kier molecular flexibility index (Phi) is 7.18. The van der Waals surface area contributed by atoms with Gasteiger partial charge in [0.2, 0.25) is 0 Å². The Bertz CT molecular complexity index is 1920. The van der Waals surface area contributed by atoms with Gasteiger partial charge in [-0.2, -0.15) is 9.97 Å². The number of pyridine rings is 1. The van der Waals surface area contributed by atoms with Crippen LogP contribution < -0.4 is 9.64 Å². The molecule has 3 saturated heterocycles. The van der Waals surface area contributed by atoms with Gasteiger partial charge in [-0.1, -0.05) is 12.0 Å². The molecule has 2 aromatic heterocycles. The van der Waals surface area contributed by atoms with E-state index in [0.29, 0.717) is 61.4 Å². The molecule has 4 aliphatic heterocycles. The number of hydrogen-bond acceptors (Lipinski definition) is 8. The molecule has 0 bridgehead atoms. The van der Waals surface area contributed by atoms with E-state index in [0.717, 1.165) is 38.6 Å². The molecule has 11 heteroatoms. The van der Waals surface area contributed by atoms with Crippen LogP contribution in [-0.2, 0) is 11.2 Å². The zero-order valence-electron chi connectivity index (χ0n) is 25.4. The lowest BCUT2D eigenvalue weighted by Gasteiger charge is -2.34. The zero-order valence-corrected chi connectivity index (χ0v) is 25.4. The first-order chi connectivity index (χ1) is 22.3. The van der Waals surface area contributed by atoms with Gasteiger partial charge in [-0.05, 0) is 68.7 Å². The monoisotopic (exact) mass is 629 g/mol. The Morgan fingerprint density at radius 3 is 2.85 bits per heavy atom. The van der Waals surface area contributed by atoms with Crippen molar-refractivity contribution in [1.29, 1.82) is 0 Å². The number of anilines is 1. The van der Waals surface area contributed by atoms with E-state index in [2.05, 4.69) is 20.7 Å². The average molecular weight is 630 g/mol. The van der Waals surface area contributed by atoms with Gasteiger partial charge in [0.1, 0.15) is 41.4 Å². The normalized spacial score (nSPS) is 24.7. The first-order valence-electron chi connectivity index (χ1n) is 16.0. The van der Waals surface area contributed by atoms with Crippen molar-refractivity contribution in [3.05, 3.63) is 47.2 Å². The third-order valence-electron chi connectivity index (χ3n) is 10.2. The molecule has 0 saturated carbocycles. The summed E-state index contributed by atoms with van der Waals surface area (Å²) >= 11 is 0. The number of hydrogen-bond donors (Lipinski definition) is 1. The molecule has 0 radical (unpaired) electrons. The number of fused-ring (bicyclic) bond motifs is 4. The molecule has 6 heterocycles. The standard InChI is InChI=1S/C35H34F3N5O3/c1-2-24-26(37)8-7-20-15-23(44)16-25(28(20)24)31-30(38)32-29-27(39-31)6-3-5-22-9-13-45-14-12-43(22)33(29)41-34(40-32)46-19-35-10-4-11-42(35)18-21(36)17-35/h1,7-8,15-16,21-22,44H,3-6,9-14,17-19H2/t21-,22+,35+/m1/s1. The highest BCUT2D eigenvalue weighted by molar-refractivity contribution is 6.03. The van der Waals surface area contributed by atoms with Crippen molar-refractivity contribution >= 4 is 27.5 Å². The van der Waals surface area contributed by atoms with Gasteiger partial charge in [0.15, 0.2) is 5.82 Å². The van der Waals surface area contributed by atoms with Gasteiger partial charge in [0.05, 0.1) is 28.8 Å². The first-order valence-corrected chi connectivity index (χ1v) is 16.0. The third-order valence-corrected chi connectivity index (χ3v) is 10.2. The quantitative estimate of drug-likeness (QED) is 0.288. The van der Waals surface area contributed by atoms with E-state index in [4.69, 9.17) is 25.9 Å². The van der Waals surface area contributed by atoms with Crippen LogP contribution in [0.3, 0.4) is 0 Å². The second-order valence-corrected chi connectivity index (χ2v) is 12.9. The van der Waals surface area contributed by atoms with Crippen molar-refractivity contribution < 1.29 is 27.8 Å².